The van der Waals surface area contributed by atoms with Crippen LogP contribution < -0.4 is 16.2 Å². The van der Waals surface area contributed by atoms with Crippen molar-refractivity contribution < 1.29 is 19.1 Å². The third kappa shape index (κ3) is 6.55. The van der Waals surface area contributed by atoms with Crippen LogP contribution in [-0.4, -0.2) is 34.5 Å². The van der Waals surface area contributed by atoms with Gasteiger partial charge in [0.25, 0.3) is 5.91 Å². The molecule has 2 aromatic rings. The number of fused-ring (bicyclic) bond motifs is 1. The van der Waals surface area contributed by atoms with Gasteiger partial charge in [0.2, 0.25) is 5.91 Å². The van der Waals surface area contributed by atoms with E-state index in [1.165, 1.54) is 0 Å². The first-order chi connectivity index (χ1) is 14.6. The quantitative estimate of drug-likeness (QED) is 0.622. The van der Waals surface area contributed by atoms with Crippen molar-refractivity contribution in [3.8, 4) is 0 Å². The number of carbonyl (C=O) groups excluding carboxylic acids is 3. The summed E-state index contributed by atoms with van der Waals surface area (Å²) in [6.07, 6.45) is 2.10. The predicted molar refractivity (Wildman–Crippen MR) is 117 cm³/mol. The fourth-order valence-electron chi connectivity index (χ4n) is 3.48. The van der Waals surface area contributed by atoms with Gasteiger partial charge in [-0.2, -0.15) is 0 Å². The highest BCUT2D eigenvalue weighted by Crippen LogP contribution is 2.25. The van der Waals surface area contributed by atoms with Crippen molar-refractivity contribution in [2.24, 2.45) is 5.92 Å². The molecule has 8 nitrogen and oxygen atoms in total. The van der Waals surface area contributed by atoms with Crippen LogP contribution in [0.1, 0.15) is 56.9 Å². The summed E-state index contributed by atoms with van der Waals surface area (Å²) < 4.78 is 5.26. The molecule has 1 aromatic carbocycles. The molecule has 0 bridgehead atoms. The number of nitrogens with zero attached hydrogens (tertiary/aromatic N) is 1. The molecule has 3 N–H and O–H groups in total. The largest absolute Gasteiger partial charge is 0.444 e. The molecule has 0 saturated heterocycles. The minimum atomic E-state index is -0.549. The van der Waals surface area contributed by atoms with Crippen LogP contribution >= 0.6 is 11.6 Å². The first-order valence-electron chi connectivity index (χ1n) is 10.3. The molecule has 1 saturated carbocycles. The summed E-state index contributed by atoms with van der Waals surface area (Å²) in [5.74, 6) is -0.981. The number of aromatic nitrogens is 1. The SMILES string of the molecule is CC(C)(C)OC(=O)NC1CCC(C(=O)NNC(=O)c2ccc3cc(Cl)ccc3n2)CC1. The lowest BCUT2D eigenvalue weighted by atomic mass is 9.85. The summed E-state index contributed by atoms with van der Waals surface area (Å²) in [4.78, 5) is 41.0. The monoisotopic (exact) mass is 446 g/mol. The van der Waals surface area contributed by atoms with Crippen LogP contribution in [0.3, 0.4) is 0 Å². The third-order valence-corrected chi connectivity index (χ3v) is 5.24. The van der Waals surface area contributed by atoms with Gasteiger partial charge >= 0.3 is 6.09 Å². The first-order valence-corrected chi connectivity index (χ1v) is 10.6. The van der Waals surface area contributed by atoms with Gasteiger partial charge in [0.1, 0.15) is 11.3 Å². The van der Waals surface area contributed by atoms with Gasteiger partial charge in [-0.3, -0.25) is 20.4 Å². The number of rotatable bonds is 3. The Balaban J connectivity index is 1.45. The number of hydrogen-bond donors (Lipinski definition) is 3. The Morgan fingerprint density at radius 3 is 2.42 bits per heavy atom. The Labute approximate surface area is 186 Å². The van der Waals surface area contributed by atoms with E-state index in [2.05, 4.69) is 21.2 Å². The zero-order valence-electron chi connectivity index (χ0n) is 17.8. The molecule has 0 radical (unpaired) electrons. The van der Waals surface area contributed by atoms with Gasteiger partial charge in [0, 0.05) is 22.4 Å². The van der Waals surface area contributed by atoms with Crippen LogP contribution in [0, 0.1) is 5.92 Å². The normalized spacial score (nSPS) is 18.8. The Hall–Kier alpha value is -2.87. The van der Waals surface area contributed by atoms with Crippen molar-refractivity contribution in [3.05, 3.63) is 41.0 Å². The number of benzene rings is 1. The van der Waals surface area contributed by atoms with Crippen molar-refractivity contribution in [1.82, 2.24) is 21.2 Å². The van der Waals surface area contributed by atoms with Crippen molar-refractivity contribution in [3.63, 3.8) is 0 Å². The zero-order chi connectivity index (χ0) is 22.6. The van der Waals surface area contributed by atoms with Gasteiger partial charge in [-0.1, -0.05) is 17.7 Å². The van der Waals surface area contributed by atoms with Crippen LogP contribution in [0.4, 0.5) is 4.79 Å². The van der Waals surface area contributed by atoms with E-state index in [0.29, 0.717) is 36.2 Å². The van der Waals surface area contributed by atoms with E-state index in [-0.39, 0.29) is 23.6 Å². The van der Waals surface area contributed by atoms with E-state index in [9.17, 15) is 14.4 Å². The number of amides is 3. The maximum atomic E-state index is 12.4. The highest BCUT2D eigenvalue weighted by molar-refractivity contribution is 6.31. The summed E-state index contributed by atoms with van der Waals surface area (Å²) in [6.45, 7) is 5.43. The lowest BCUT2D eigenvalue weighted by molar-refractivity contribution is -0.126. The number of nitrogens with one attached hydrogen (secondary N) is 3. The summed E-state index contributed by atoms with van der Waals surface area (Å²) in [6, 6.07) is 8.51. The van der Waals surface area contributed by atoms with Gasteiger partial charge in [0.05, 0.1) is 5.52 Å². The van der Waals surface area contributed by atoms with Crippen molar-refractivity contribution in [1.29, 1.82) is 0 Å². The lowest BCUT2D eigenvalue weighted by Crippen LogP contribution is -2.47. The van der Waals surface area contributed by atoms with Crippen LogP contribution in [0.15, 0.2) is 30.3 Å². The summed E-state index contributed by atoms with van der Waals surface area (Å²) in [5.41, 5.74) is 5.19. The second-order valence-electron chi connectivity index (χ2n) is 8.67. The van der Waals surface area contributed by atoms with E-state index in [0.717, 1.165) is 5.39 Å². The number of halogens is 1. The van der Waals surface area contributed by atoms with E-state index in [1.807, 2.05) is 20.8 Å². The van der Waals surface area contributed by atoms with Gasteiger partial charge in [0.15, 0.2) is 0 Å². The Kier molecular flexibility index (Phi) is 7.00. The summed E-state index contributed by atoms with van der Waals surface area (Å²) in [5, 5.41) is 4.26. The highest BCUT2D eigenvalue weighted by atomic mass is 35.5. The molecule has 3 rings (SSSR count). The second kappa shape index (κ2) is 9.51. The molecule has 0 spiro atoms. The van der Waals surface area contributed by atoms with Gasteiger partial charge < -0.3 is 10.1 Å². The molecule has 1 aliphatic carbocycles. The van der Waals surface area contributed by atoms with E-state index >= 15 is 0 Å². The van der Waals surface area contributed by atoms with Crippen LogP contribution in [0.5, 0.6) is 0 Å². The smallest absolute Gasteiger partial charge is 0.407 e. The minimum Gasteiger partial charge on any atom is -0.444 e. The van der Waals surface area contributed by atoms with Crippen molar-refractivity contribution in [2.45, 2.75) is 58.1 Å². The molecule has 0 atom stereocenters. The molecule has 31 heavy (non-hydrogen) atoms. The maximum Gasteiger partial charge on any atom is 0.407 e. The van der Waals surface area contributed by atoms with Crippen LogP contribution in [0.2, 0.25) is 5.02 Å². The van der Waals surface area contributed by atoms with Crippen LogP contribution in [-0.2, 0) is 9.53 Å². The lowest BCUT2D eigenvalue weighted by Gasteiger charge is -2.29. The molecule has 0 aliphatic heterocycles. The average molecular weight is 447 g/mol. The summed E-state index contributed by atoms with van der Waals surface area (Å²) in [7, 11) is 0. The maximum absolute atomic E-state index is 12.4. The van der Waals surface area contributed by atoms with Gasteiger partial charge in [-0.25, -0.2) is 9.78 Å². The summed E-state index contributed by atoms with van der Waals surface area (Å²) >= 11 is 5.96. The third-order valence-electron chi connectivity index (χ3n) is 5.00. The molecule has 1 aliphatic rings. The first kappa shape index (κ1) is 22.8. The molecule has 166 valence electrons. The standard InChI is InChI=1S/C22H27ClN4O4/c1-22(2,3)31-21(30)24-16-8-4-13(5-9-16)19(28)26-27-20(29)18-10-6-14-12-15(23)7-11-17(14)25-18/h6-7,10-13,16H,4-5,8-9H2,1-3H3,(H,24,30)(H,26,28)(H,27,29). The average Bonchev–Trinajstić information content (AvgIpc) is 2.70. The van der Waals surface area contributed by atoms with Crippen molar-refractivity contribution in [2.75, 3.05) is 0 Å². The molecule has 1 aromatic heterocycles. The van der Waals surface area contributed by atoms with E-state index in [4.69, 9.17) is 16.3 Å². The molecule has 1 fully saturated rings. The minimum absolute atomic E-state index is 0.0243. The fraction of sp³-hybridized carbons (Fsp3) is 0.455. The second-order valence-corrected chi connectivity index (χ2v) is 9.11. The molecule has 9 heteroatoms. The predicted octanol–water partition coefficient (Wildman–Crippen LogP) is 3.73. The Morgan fingerprint density at radius 1 is 1.03 bits per heavy atom. The Bertz CT molecular complexity index is 981. The molecule has 3 amide bonds. The van der Waals surface area contributed by atoms with Gasteiger partial charge in [-0.15, -0.1) is 0 Å². The fourth-order valence-corrected chi connectivity index (χ4v) is 3.66. The van der Waals surface area contributed by atoms with Crippen molar-refractivity contribution >= 4 is 40.4 Å². The Morgan fingerprint density at radius 2 is 1.74 bits per heavy atom. The number of ether oxygens (including phenoxy) is 1. The molecular weight excluding hydrogens is 420 g/mol. The van der Waals surface area contributed by atoms with Gasteiger partial charge in [-0.05, 0) is 70.7 Å². The number of hydrazine groups is 1. The zero-order valence-corrected chi connectivity index (χ0v) is 18.6. The van der Waals surface area contributed by atoms with E-state index in [1.54, 1.807) is 30.3 Å². The topological polar surface area (TPSA) is 109 Å². The van der Waals surface area contributed by atoms with Crippen LogP contribution in [0.25, 0.3) is 10.9 Å². The number of pyridine rings is 1. The highest BCUT2D eigenvalue weighted by Gasteiger charge is 2.28. The molecular formula is C22H27ClN4O4. The van der Waals surface area contributed by atoms with E-state index < -0.39 is 17.6 Å². The number of alkyl carbamates (subject to hydrolysis) is 1. The number of carbonyl (C=O) groups is 3. The number of hydrogen-bond acceptors (Lipinski definition) is 5. The molecule has 1 heterocycles. The molecule has 0 unspecified atom stereocenters.